The number of rotatable bonds is 6. The summed E-state index contributed by atoms with van der Waals surface area (Å²) < 4.78 is 24.3. The number of Topliss-reactive ketones (excluding diaryl/α,β-unsaturated/α-hetero) is 1. The molecule has 0 amide bonds. The molecule has 0 bridgehead atoms. The summed E-state index contributed by atoms with van der Waals surface area (Å²) >= 11 is 0. The van der Waals surface area contributed by atoms with Crippen molar-refractivity contribution in [1.82, 2.24) is 0 Å². The Labute approximate surface area is 129 Å². The van der Waals surface area contributed by atoms with E-state index in [2.05, 4.69) is 6.58 Å². The third kappa shape index (κ3) is 5.07. The molecule has 0 fully saturated rings. The Morgan fingerprint density at radius 2 is 1.86 bits per heavy atom. The van der Waals surface area contributed by atoms with Crippen LogP contribution < -0.4 is 0 Å². The number of carbonyl (C=O) groups excluding carboxylic acids is 2. The van der Waals surface area contributed by atoms with Gasteiger partial charge in [-0.2, -0.15) is 0 Å². The van der Waals surface area contributed by atoms with Gasteiger partial charge in [-0.05, 0) is 39.8 Å². The molecule has 1 aromatic rings. The van der Waals surface area contributed by atoms with E-state index in [1.54, 1.807) is 27.7 Å². The number of benzene rings is 1. The van der Waals surface area contributed by atoms with E-state index in [4.69, 9.17) is 9.47 Å². The first kappa shape index (κ1) is 18.0. The highest BCUT2D eigenvalue weighted by molar-refractivity contribution is 6.11. The van der Waals surface area contributed by atoms with Gasteiger partial charge in [0.15, 0.2) is 0 Å². The largest absolute Gasteiger partial charge is 0.458 e. The maximum Gasteiger partial charge on any atom is 0.344 e. The first-order valence-corrected chi connectivity index (χ1v) is 6.95. The summed E-state index contributed by atoms with van der Waals surface area (Å²) in [6.07, 6.45) is -0.663. The maximum atomic E-state index is 13.8. The fourth-order valence-corrected chi connectivity index (χ4v) is 1.65. The Morgan fingerprint density at radius 3 is 2.36 bits per heavy atom. The summed E-state index contributed by atoms with van der Waals surface area (Å²) in [5.41, 5.74) is -0.999. The quantitative estimate of drug-likeness (QED) is 0.350. The van der Waals surface area contributed by atoms with Crippen LogP contribution >= 0.6 is 0 Å². The van der Waals surface area contributed by atoms with Gasteiger partial charge in [-0.3, -0.25) is 4.79 Å². The molecule has 4 nitrogen and oxygen atoms in total. The Bertz CT molecular complexity index is 560. The van der Waals surface area contributed by atoms with Crippen molar-refractivity contribution in [1.29, 1.82) is 0 Å². The summed E-state index contributed by atoms with van der Waals surface area (Å²) in [6.45, 7) is 10.2. The number of ketones is 1. The van der Waals surface area contributed by atoms with Crippen molar-refractivity contribution < 1.29 is 23.5 Å². The zero-order valence-corrected chi connectivity index (χ0v) is 13.3. The van der Waals surface area contributed by atoms with E-state index in [0.29, 0.717) is 0 Å². The van der Waals surface area contributed by atoms with Crippen LogP contribution in [0.2, 0.25) is 0 Å². The normalized spacial score (nSPS) is 14.0. The molecule has 0 aliphatic heterocycles. The fourth-order valence-electron chi connectivity index (χ4n) is 1.65. The molecule has 0 spiro atoms. The van der Waals surface area contributed by atoms with E-state index in [-0.39, 0.29) is 5.56 Å². The number of hydrogen-bond donors (Lipinski definition) is 0. The molecule has 0 saturated heterocycles. The Balaban J connectivity index is 3.09. The molecule has 0 heterocycles. The second-order valence-corrected chi connectivity index (χ2v) is 5.83. The van der Waals surface area contributed by atoms with Crippen LogP contribution in [0.3, 0.4) is 0 Å². The molecule has 2 atom stereocenters. The van der Waals surface area contributed by atoms with Crippen molar-refractivity contribution in [3.63, 3.8) is 0 Å². The summed E-state index contributed by atoms with van der Waals surface area (Å²) in [5, 5.41) is 0. The van der Waals surface area contributed by atoms with Gasteiger partial charge < -0.3 is 9.47 Å². The number of hydrogen-bond acceptors (Lipinski definition) is 4. The number of ether oxygens (including phenoxy) is 2. The molecule has 1 rings (SSSR count). The van der Waals surface area contributed by atoms with Gasteiger partial charge >= 0.3 is 5.97 Å². The first-order chi connectivity index (χ1) is 10.2. The molecule has 0 aliphatic rings. The van der Waals surface area contributed by atoms with Crippen LogP contribution in [0, 0.1) is 5.82 Å². The zero-order chi connectivity index (χ0) is 16.9. The summed E-state index contributed by atoms with van der Waals surface area (Å²) in [7, 11) is 0. The van der Waals surface area contributed by atoms with E-state index in [1.807, 2.05) is 0 Å². The van der Waals surface area contributed by atoms with Crippen LogP contribution in [0.25, 0.3) is 0 Å². The SMILES string of the molecule is C=C[C@@H](C)O[C@H](C(=O)OC(C)(C)C)C(=O)c1ccccc1F. The van der Waals surface area contributed by atoms with Crippen LogP contribution in [0.1, 0.15) is 38.1 Å². The third-order valence-electron chi connectivity index (χ3n) is 2.68. The van der Waals surface area contributed by atoms with Crippen molar-refractivity contribution in [3.05, 3.63) is 48.3 Å². The van der Waals surface area contributed by atoms with Crippen molar-refractivity contribution in [2.24, 2.45) is 0 Å². The molecule has 0 unspecified atom stereocenters. The summed E-state index contributed by atoms with van der Waals surface area (Å²) in [4.78, 5) is 24.7. The predicted octanol–water partition coefficient (Wildman–Crippen LogP) is 3.31. The summed E-state index contributed by atoms with van der Waals surface area (Å²) in [5.74, 6) is -2.34. The molecule has 22 heavy (non-hydrogen) atoms. The number of carbonyl (C=O) groups is 2. The lowest BCUT2D eigenvalue weighted by Gasteiger charge is -2.24. The van der Waals surface area contributed by atoms with Crippen molar-refractivity contribution in [3.8, 4) is 0 Å². The zero-order valence-electron chi connectivity index (χ0n) is 13.3. The highest BCUT2D eigenvalue weighted by Crippen LogP contribution is 2.17. The Morgan fingerprint density at radius 1 is 1.27 bits per heavy atom. The minimum Gasteiger partial charge on any atom is -0.458 e. The lowest BCUT2D eigenvalue weighted by Crippen LogP contribution is -2.40. The van der Waals surface area contributed by atoms with Crippen molar-refractivity contribution >= 4 is 11.8 Å². The van der Waals surface area contributed by atoms with E-state index in [0.717, 1.165) is 6.07 Å². The van der Waals surface area contributed by atoms with Gasteiger partial charge in [-0.25, -0.2) is 9.18 Å². The predicted molar refractivity (Wildman–Crippen MR) is 81.1 cm³/mol. The van der Waals surface area contributed by atoms with Crippen molar-refractivity contribution in [2.75, 3.05) is 0 Å². The van der Waals surface area contributed by atoms with E-state index in [1.165, 1.54) is 24.3 Å². The minimum absolute atomic E-state index is 0.213. The number of esters is 1. The average molecular weight is 308 g/mol. The van der Waals surface area contributed by atoms with E-state index in [9.17, 15) is 14.0 Å². The average Bonchev–Trinajstić information content (AvgIpc) is 2.42. The van der Waals surface area contributed by atoms with Crippen LogP contribution in [0.4, 0.5) is 4.39 Å². The van der Waals surface area contributed by atoms with Gasteiger partial charge in [0.25, 0.3) is 0 Å². The second-order valence-electron chi connectivity index (χ2n) is 5.83. The molecule has 0 aromatic heterocycles. The highest BCUT2D eigenvalue weighted by atomic mass is 19.1. The topological polar surface area (TPSA) is 52.6 Å². The van der Waals surface area contributed by atoms with Crippen molar-refractivity contribution in [2.45, 2.75) is 45.5 Å². The molecule has 0 N–H and O–H groups in total. The highest BCUT2D eigenvalue weighted by Gasteiger charge is 2.34. The number of halogens is 1. The van der Waals surface area contributed by atoms with E-state index < -0.39 is 35.4 Å². The Hall–Kier alpha value is -2.01. The van der Waals surface area contributed by atoms with Gasteiger partial charge in [0.2, 0.25) is 11.9 Å². The van der Waals surface area contributed by atoms with E-state index >= 15 is 0 Å². The lowest BCUT2D eigenvalue weighted by atomic mass is 10.0. The van der Waals surface area contributed by atoms with Crippen LogP contribution in [0.5, 0.6) is 0 Å². The first-order valence-electron chi connectivity index (χ1n) is 6.95. The fraction of sp³-hybridized carbons (Fsp3) is 0.412. The molecular weight excluding hydrogens is 287 g/mol. The standard InChI is InChI=1S/C17H21FO4/c1-6-11(2)21-15(16(20)22-17(3,4)5)14(19)12-9-7-8-10-13(12)18/h6-11,15H,1H2,2-5H3/t11-,15+/m1/s1. The lowest BCUT2D eigenvalue weighted by molar-refractivity contribution is -0.166. The summed E-state index contributed by atoms with van der Waals surface area (Å²) in [6, 6.07) is 5.43. The molecule has 5 heteroatoms. The second kappa shape index (κ2) is 7.31. The van der Waals surface area contributed by atoms with Crippen LogP contribution in [-0.2, 0) is 14.3 Å². The molecule has 0 aliphatic carbocycles. The molecular formula is C17H21FO4. The van der Waals surface area contributed by atoms with Gasteiger partial charge in [0.1, 0.15) is 11.4 Å². The Kier molecular flexibility index (Phi) is 6.00. The third-order valence-corrected chi connectivity index (χ3v) is 2.68. The molecule has 0 saturated carbocycles. The van der Waals surface area contributed by atoms with Crippen LogP contribution in [-0.4, -0.2) is 29.6 Å². The smallest absolute Gasteiger partial charge is 0.344 e. The van der Waals surface area contributed by atoms with Gasteiger partial charge in [0, 0.05) is 0 Å². The maximum absolute atomic E-state index is 13.8. The van der Waals surface area contributed by atoms with Gasteiger partial charge in [-0.1, -0.05) is 18.2 Å². The molecule has 1 aromatic carbocycles. The van der Waals surface area contributed by atoms with Crippen LogP contribution in [0.15, 0.2) is 36.9 Å². The molecule has 120 valence electrons. The minimum atomic E-state index is -1.54. The van der Waals surface area contributed by atoms with Gasteiger partial charge in [0.05, 0.1) is 11.7 Å². The monoisotopic (exact) mass is 308 g/mol. The molecule has 0 radical (unpaired) electrons. The van der Waals surface area contributed by atoms with Gasteiger partial charge in [-0.15, -0.1) is 6.58 Å².